The lowest BCUT2D eigenvalue weighted by Crippen LogP contribution is -2.39. The first-order chi connectivity index (χ1) is 16.7. The van der Waals surface area contributed by atoms with E-state index in [1.54, 1.807) is 12.7 Å². The van der Waals surface area contributed by atoms with Gasteiger partial charge in [0, 0.05) is 53.4 Å². The summed E-state index contributed by atoms with van der Waals surface area (Å²) in [5.74, 6) is 0.990. The Morgan fingerprint density at radius 3 is 2.41 bits per heavy atom. The van der Waals surface area contributed by atoms with Crippen molar-refractivity contribution in [1.29, 1.82) is 0 Å². The van der Waals surface area contributed by atoms with E-state index in [9.17, 15) is 0 Å². The van der Waals surface area contributed by atoms with Crippen LogP contribution in [-0.4, -0.2) is 30.1 Å². The average molecular weight is 445 g/mol. The molecule has 3 heteroatoms. The van der Waals surface area contributed by atoms with Gasteiger partial charge in [0.15, 0.2) is 0 Å². The standard InChI is InChI=1S/C31H28N2O/c1-34-25-12-11-23-15-29-19-33(18-21-7-3-2-4-8-21)20-30(29)16-24-13-22-9-5-6-10-27(22)32-28(24)17-31(29,30)26(23)14-25/h2-14H,15-20H2,1H3. The lowest BCUT2D eigenvalue weighted by Gasteiger charge is -2.36. The van der Waals surface area contributed by atoms with E-state index in [0.717, 1.165) is 30.7 Å². The van der Waals surface area contributed by atoms with Crippen LogP contribution in [0.3, 0.4) is 0 Å². The van der Waals surface area contributed by atoms with Gasteiger partial charge in [-0.1, -0.05) is 54.6 Å². The lowest BCUT2D eigenvalue weighted by atomic mass is 9.72. The van der Waals surface area contributed by atoms with Gasteiger partial charge in [0.2, 0.25) is 0 Å². The zero-order valence-corrected chi connectivity index (χ0v) is 19.6. The van der Waals surface area contributed by atoms with Crippen molar-refractivity contribution < 1.29 is 4.74 Å². The van der Waals surface area contributed by atoms with Crippen LogP contribution in [0.1, 0.15) is 27.9 Å². The second-order valence-corrected chi connectivity index (χ2v) is 11.0. The number of benzene rings is 3. The minimum atomic E-state index is 0.194. The summed E-state index contributed by atoms with van der Waals surface area (Å²) in [4.78, 5) is 7.96. The molecule has 0 N–H and O–H groups in total. The van der Waals surface area contributed by atoms with E-state index >= 15 is 0 Å². The SMILES string of the molecule is COc1ccc2c(c1)C13Cc4nc5ccccc5cc4CC14CN(Cc1ccccc1)CC43C2. The van der Waals surface area contributed by atoms with Crippen LogP contribution in [-0.2, 0) is 31.2 Å². The number of fused-ring (bicyclic) bond motifs is 3. The summed E-state index contributed by atoms with van der Waals surface area (Å²) < 4.78 is 5.70. The Morgan fingerprint density at radius 2 is 1.59 bits per heavy atom. The molecule has 0 radical (unpaired) electrons. The highest BCUT2D eigenvalue weighted by atomic mass is 16.5. The van der Waals surface area contributed by atoms with Gasteiger partial charge >= 0.3 is 0 Å². The topological polar surface area (TPSA) is 25.4 Å². The van der Waals surface area contributed by atoms with Crippen molar-refractivity contribution in [2.45, 2.75) is 31.2 Å². The highest BCUT2D eigenvalue weighted by Gasteiger charge is 2.91. The van der Waals surface area contributed by atoms with E-state index in [1.807, 2.05) is 0 Å². The molecular formula is C31H28N2O. The minimum Gasteiger partial charge on any atom is -0.497 e. The van der Waals surface area contributed by atoms with Gasteiger partial charge in [-0.2, -0.15) is 0 Å². The number of hydrogen-bond acceptors (Lipinski definition) is 3. The number of likely N-dealkylation sites (tertiary alicyclic amines) is 1. The Labute approximate surface area is 200 Å². The molecule has 2 heterocycles. The third kappa shape index (κ3) is 2.11. The Kier molecular flexibility index (Phi) is 3.54. The molecule has 1 saturated carbocycles. The van der Waals surface area contributed by atoms with E-state index in [2.05, 4.69) is 83.8 Å². The van der Waals surface area contributed by atoms with Gasteiger partial charge in [-0.25, -0.2) is 0 Å². The van der Waals surface area contributed by atoms with Crippen molar-refractivity contribution in [2.24, 2.45) is 10.8 Å². The molecule has 4 aliphatic rings. The molecule has 34 heavy (non-hydrogen) atoms. The molecule has 2 fully saturated rings. The summed E-state index contributed by atoms with van der Waals surface area (Å²) in [6.07, 6.45) is 3.39. The average Bonchev–Trinajstić information content (AvgIpc) is 3.06. The Hall–Kier alpha value is -3.17. The summed E-state index contributed by atoms with van der Waals surface area (Å²) in [6.45, 7) is 3.39. The zero-order chi connectivity index (χ0) is 22.5. The van der Waals surface area contributed by atoms with Crippen molar-refractivity contribution in [1.82, 2.24) is 9.88 Å². The smallest absolute Gasteiger partial charge is 0.119 e. The molecule has 168 valence electrons. The van der Waals surface area contributed by atoms with Crippen LogP contribution in [0.5, 0.6) is 5.75 Å². The number of methoxy groups -OCH3 is 1. The fraction of sp³-hybridized carbons (Fsp3) is 0.323. The van der Waals surface area contributed by atoms with Crippen molar-refractivity contribution >= 4 is 10.9 Å². The summed E-state index contributed by atoms with van der Waals surface area (Å²) in [5, 5.41) is 1.27. The molecule has 8 rings (SSSR count). The second kappa shape index (κ2) is 6.28. The molecule has 3 nitrogen and oxygen atoms in total. The maximum Gasteiger partial charge on any atom is 0.119 e. The zero-order valence-electron chi connectivity index (χ0n) is 19.6. The highest BCUT2D eigenvalue weighted by molar-refractivity contribution is 5.80. The molecule has 0 amide bonds. The molecule has 1 aliphatic heterocycles. The van der Waals surface area contributed by atoms with Gasteiger partial charge in [-0.3, -0.25) is 9.88 Å². The summed E-state index contributed by atoms with van der Waals surface area (Å²) in [7, 11) is 1.79. The van der Waals surface area contributed by atoms with Crippen LogP contribution >= 0.6 is 0 Å². The van der Waals surface area contributed by atoms with E-state index in [-0.39, 0.29) is 5.41 Å². The molecule has 0 bridgehead atoms. The number of rotatable bonds is 3. The number of para-hydroxylation sites is 1. The third-order valence-corrected chi connectivity index (χ3v) is 9.81. The summed E-state index contributed by atoms with van der Waals surface area (Å²) in [5.41, 5.74) is 9.22. The first-order valence-electron chi connectivity index (χ1n) is 12.5. The molecule has 4 aromatic rings. The van der Waals surface area contributed by atoms with Gasteiger partial charge in [-0.05, 0) is 59.4 Å². The fourth-order valence-corrected chi connectivity index (χ4v) is 8.62. The Balaban J connectivity index is 1.27. The van der Waals surface area contributed by atoms with Crippen molar-refractivity contribution in [2.75, 3.05) is 20.2 Å². The van der Waals surface area contributed by atoms with Crippen molar-refractivity contribution in [3.8, 4) is 5.75 Å². The molecule has 3 aromatic carbocycles. The molecule has 3 aliphatic carbocycles. The van der Waals surface area contributed by atoms with E-state index in [0.29, 0.717) is 10.8 Å². The van der Waals surface area contributed by atoms with Crippen LogP contribution in [0.4, 0.5) is 0 Å². The summed E-state index contributed by atoms with van der Waals surface area (Å²) >= 11 is 0. The lowest BCUT2D eigenvalue weighted by molar-refractivity contribution is 0.214. The second-order valence-electron chi connectivity index (χ2n) is 11.0. The monoisotopic (exact) mass is 444 g/mol. The maximum absolute atomic E-state index is 5.70. The Morgan fingerprint density at radius 1 is 0.824 bits per heavy atom. The van der Waals surface area contributed by atoms with Crippen LogP contribution in [0, 0.1) is 10.8 Å². The van der Waals surface area contributed by atoms with Crippen LogP contribution in [0.15, 0.2) is 78.9 Å². The third-order valence-electron chi connectivity index (χ3n) is 9.81. The van der Waals surface area contributed by atoms with E-state index < -0.39 is 0 Å². The molecule has 1 aromatic heterocycles. The van der Waals surface area contributed by atoms with Crippen molar-refractivity contribution in [3.63, 3.8) is 0 Å². The van der Waals surface area contributed by atoms with Gasteiger partial charge in [0.1, 0.15) is 5.75 Å². The highest BCUT2D eigenvalue weighted by Crippen LogP contribution is 2.88. The normalized spacial score (nSPS) is 30.3. The largest absolute Gasteiger partial charge is 0.497 e. The first-order valence-corrected chi connectivity index (χ1v) is 12.5. The molecule has 3 spiro atoms. The number of aromatic nitrogens is 1. The number of hydrogen-bond donors (Lipinski definition) is 0. The van der Waals surface area contributed by atoms with Crippen LogP contribution < -0.4 is 4.74 Å². The molecular weight excluding hydrogens is 416 g/mol. The molecule has 3 atom stereocenters. The van der Waals surface area contributed by atoms with Gasteiger partial charge in [0.25, 0.3) is 0 Å². The maximum atomic E-state index is 5.70. The number of piperidine rings is 1. The molecule has 1 saturated heterocycles. The van der Waals surface area contributed by atoms with Crippen molar-refractivity contribution in [3.05, 3.63) is 107 Å². The first kappa shape index (κ1) is 19.2. The fourth-order valence-electron chi connectivity index (χ4n) is 8.62. The van der Waals surface area contributed by atoms with Gasteiger partial charge in [-0.15, -0.1) is 0 Å². The van der Waals surface area contributed by atoms with E-state index in [1.165, 1.54) is 47.3 Å². The van der Waals surface area contributed by atoms with Gasteiger partial charge < -0.3 is 4.74 Å². The Bertz CT molecular complexity index is 1480. The summed E-state index contributed by atoms with van der Waals surface area (Å²) in [6, 6.07) is 28.9. The van der Waals surface area contributed by atoms with Crippen LogP contribution in [0.2, 0.25) is 0 Å². The quantitative estimate of drug-likeness (QED) is 0.427. The predicted octanol–water partition coefficient (Wildman–Crippen LogP) is 5.34. The number of ether oxygens (including phenoxy) is 1. The number of pyridine rings is 1. The van der Waals surface area contributed by atoms with E-state index in [4.69, 9.17) is 9.72 Å². The number of nitrogens with zero attached hydrogens (tertiary/aromatic N) is 2. The molecule has 3 unspecified atom stereocenters. The minimum absolute atomic E-state index is 0.194. The predicted molar refractivity (Wildman–Crippen MR) is 134 cm³/mol. The van der Waals surface area contributed by atoms with Gasteiger partial charge in [0.05, 0.1) is 12.6 Å². The van der Waals surface area contributed by atoms with Crippen LogP contribution in [0.25, 0.3) is 10.9 Å².